The SMILES string of the molecule is CCC(=O)NCCNC(=O)/N=C(/N)NCCC[C@@H](NC(=O)[C@H](c1cccc(NCCCNC(=O)CCOCCNC(=O)OC(C)(C)C)c1)N1Cc2ccccc2C1)C(=O)NCc1ccc(O)cc1. The predicted octanol–water partition coefficient (Wildman–Crippen LogP) is 3.02. The van der Waals surface area contributed by atoms with Gasteiger partial charge in [0.2, 0.25) is 23.6 Å². The van der Waals surface area contributed by atoms with Gasteiger partial charge in [0.05, 0.1) is 13.2 Å². The van der Waals surface area contributed by atoms with Crippen LogP contribution in [0.4, 0.5) is 15.3 Å². The van der Waals surface area contributed by atoms with Crippen LogP contribution in [-0.4, -0.2) is 116 Å². The number of anilines is 1. The van der Waals surface area contributed by atoms with Crippen molar-refractivity contribution in [3.63, 3.8) is 0 Å². The number of aromatic hydroxyl groups is 1. The van der Waals surface area contributed by atoms with E-state index in [2.05, 4.69) is 52.4 Å². The fourth-order valence-corrected chi connectivity index (χ4v) is 6.99. The first-order valence-corrected chi connectivity index (χ1v) is 23.0. The summed E-state index contributed by atoms with van der Waals surface area (Å²) in [6, 6.07) is 19.6. The Bertz CT molecular complexity index is 2120. The highest BCUT2D eigenvalue weighted by atomic mass is 16.6. The van der Waals surface area contributed by atoms with Crippen LogP contribution in [0.25, 0.3) is 0 Å². The number of phenols is 1. The fourth-order valence-electron chi connectivity index (χ4n) is 6.99. The molecule has 68 heavy (non-hydrogen) atoms. The second kappa shape index (κ2) is 28.3. The summed E-state index contributed by atoms with van der Waals surface area (Å²) in [7, 11) is 0. The van der Waals surface area contributed by atoms with Crippen molar-refractivity contribution in [1.82, 2.24) is 42.1 Å². The van der Waals surface area contributed by atoms with E-state index in [9.17, 15) is 33.9 Å². The molecule has 1 aliphatic heterocycles. The third kappa shape index (κ3) is 20.3. The molecule has 20 heteroatoms. The number of rotatable bonds is 26. The lowest BCUT2D eigenvalue weighted by Gasteiger charge is -2.29. The van der Waals surface area contributed by atoms with Gasteiger partial charge in [0.25, 0.3) is 0 Å². The van der Waals surface area contributed by atoms with Crippen LogP contribution >= 0.6 is 0 Å². The summed E-state index contributed by atoms with van der Waals surface area (Å²) in [6.07, 6.45) is 1.19. The number of urea groups is 1. The van der Waals surface area contributed by atoms with Crippen molar-refractivity contribution in [1.29, 1.82) is 0 Å². The quantitative estimate of drug-likeness (QED) is 0.0315. The number of nitrogens with two attached hydrogens (primary N) is 1. The Morgan fingerprint density at radius 2 is 1.44 bits per heavy atom. The molecule has 3 aromatic carbocycles. The summed E-state index contributed by atoms with van der Waals surface area (Å²) >= 11 is 0. The molecular weight excluding hydrogens is 875 g/mol. The van der Waals surface area contributed by atoms with Crippen molar-refractivity contribution in [2.24, 2.45) is 10.7 Å². The number of alkyl carbamates (subject to hydrolysis) is 1. The van der Waals surface area contributed by atoms with E-state index >= 15 is 0 Å². The molecule has 7 amide bonds. The van der Waals surface area contributed by atoms with E-state index in [1.807, 2.05) is 48.5 Å². The second-order valence-corrected chi connectivity index (χ2v) is 17.1. The minimum absolute atomic E-state index is 0.0967. The van der Waals surface area contributed by atoms with Crippen LogP contribution in [0.2, 0.25) is 0 Å². The predicted molar refractivity (Wildman–Crippen MR) is 258 cm³/mol. The summed E-state index contributed by atoms with van der Waals surface area (Å²) in [6.45, 7) is 10.6. The lowest BCUT2D eigenvalue weighted by atomic mass is 10.0. The normalized spacial score (nSPS) is 13.3. The number of hydrogen-bond acceptors (Lipinski definition) is 11. The minimum atomic E-state index is -0.960. The standard InChI is InChI=1S/C48H69N11O9/c1-5-40(61)52-24-25-54-46(65)58-45(49)53-21-9-15-39(43(63)56-30-33-16-18-38(60)19-17-33)57-44(64)42(59-31-35-11-6-7-12-36(35)32-59)34-13-8-14-37(29-34)50-22-10-23-51-41(62)20-27-67-28-26-55-47(66)68-48(2,3)4/h6-8,11-14,16-19,29,39,42,50,60H,5,9-10,15,20-28,30-32H2,1-4H3,(H,51,62)(H,52,61)(H,55,66)(H,56,63)(H,57,64)(H4,49,53,54,58,65)/t39-,42+/m1/s1. The maximum Gasteiger partial charge on any atom is 0.407 e. The first kappa shape index (κ1) is 53.7. The molecule has 0 radical (unpaired) electrons. The molecule has 1 aliphatic rings. The molecule has 20 nitrogen and oxygen atoms in total. The van der Waals surface area contributed by atoms with Crippen LogP contribution in [0, 0.1) is 0 Å². The number of benzene rings is 3. The number of phenolic OH excluding ortho intramolecular Hbond substituents is 1. The Morgan fingerprint density at radius 1 is 0.750 bits per heavy atom. The highest BCUT2D eigenvalue weighted by Gasteiger charge is 2.34. The number of nitrogens with one attached hydrogen (secondary N) is 8. The first-order chi connectivity index (χ1) is 32.6. The molecule has 0 saturated heterocycles. The molecule has 11 N–H and O–H groups in total. The van der Waals surface area contributed by atoms with Gasteiger partial charge in [-0.3, -0.25) is 24.1 Å². The minimum Gasteiger partial charge on any atom is -0.508 e. The number of fused-ring (bicyclic) bond motifs is 1. The lowest BCUT2D eigenvalue weighted by molar-refractivity contribution is -0.132. The zero-order valence-corrected chi connectivity index (χ0v) is 39.6. The number of amides is 7. The Labute approximate surface area is 398 Å². The van der Waals surface area contributed by atoms with Gasteiger partial charge in [-0.2, -0.15) is 4.99 Å². The highest BCUT2D eigenvalue weighted by Crippen LogP contribution is 2.33. The van der Waals surface area contributed by atoms with Gasteiger partial charge in [-0.05, 0) is 86.6 Å². The molecule has 2 atom stereocenters. The van der Waals surface area contributed by atoms with Gasteiger partial charge in [-0.1, -0.05) is 55.5 Å². The topological polar surface area (TPSA) is 279 Å². The van der Waals surface area contributed by atoms with Crippen LogP contribution in [0.3, 0.4) is 0 Å². The molecule has 0 unspecified atom stereocenters. The third-order valence-corrected chi connectivity index (χ3v) is 10.4. The number of carbonyl (C=O) groups excluding carboxylic acids is 6. The molecule has 0 aromatic heterocycles. The monoisotopic (exact) mass is 944 g/mol. The molecule has 0 aliphatic carbocycles. The van der Waals surface area contributed by atoms with Crippen LogP contribution in [0.15, 0.2) is 77.8 Å². The van der Waals surface area contributed by atoms with E-state index in [0.29, 0.717) is 45.4 Å². The number of guanidine groups is 1. The van der Waals surface area contributed by atoms with E-state index in [1.54, 1.807) is 39.8 Å². The lowest BCUT2D eigenvalue weighted by Crippen LogP contribution is -2.50. The van der Waals surface area contributed by atoms with E-state index in [4.69, 9.17) is 15.2 Å². The van der Waals surface area contributed by atoms with Crippen LogP contribution in [-0.2, 0) is 48.3 Å². The summed E-state index contributed by atoms with van der Waals surface area (Å²) in [5.41, 5.74) is 9.83. The second-order valence-electron chi connectivity index (χ2n) is 17.1. The Hall–Kier alpha value is -6.93. The summed E-state index contributed by atoms with van der Waals surface area (Å²) in [5.74, 6) is -1.10. The number of carbonyl (C=O) groups is 6. The van der Waals surface area contributed by atoms with Gasteiger partial charge in [0, 0.05) is 77.4 Å². The molecule has 0 fully saturated rings. The Balaban J connectivity index is 1.35. The maximum absolute atomic E-state index is 14.6. The number of hydrogen-bond donors (Lipinski definition) is 10. The van der Waals surface area contributed by atoms with E-state index in [-0.39, 0.29) is 88.2 Å². The van der Waals surface area contributed by atoms with Gasteiger partial charge in [-0.15, -0.1) is 0 Å². The molecule has 1 heterocycles. The molecular formula is C48H69N11O9. The Kier molecular flexibility index (Phi) is 22.3. The van der Waals surface area contributed by atoms with Gasteiger partial charge in [-0.25, -0.2) is 9.59 Å². The van der Waals surface area contributed by atoms with Gasteiger partial charge in [0.1, 0.15) is 23.4 Å². The summed E-state index contributed by atoms with van der Waals surface area (Å²) in [5, 5.41) is 32.7. The summed E-state index contributed by atoms with van der Waals surface area (Å²) < 4.78 is 10.6. The number of ether oxygens (including phenoxy) is 2. The van der Waals surface area contributed by atoms with Crippen molar-refractivity contribution in [3.8, 4) is 5.75 Å². The summed E-state index contributed by atoms with van der Waals surface area (Å²) in [4.78, 5) is 82.1. The maximum atomic E-state index is 14.6. The van der Waals surface area contributed by atoms with Crippen molar-refractivity contribution in [2.45, 2.75) is 97.1 Å². The average Bonchev–Trinajstić information content (AvgIpc) is 3.72. The largest absolute Gasteiger partial charge is 0.508 e. The third-order valence-electron chi connectivity index (χ3n) is 10.4. The van der Waals surface area contributed by atoms with Gasteiger partial charge >= 0.3 is 12.1 Å². The first-order valence-electron chi connectivity index (χ1n) is 23.0. The fraction of sp³-hybridized carbons (Fsp3) is 0.479. The van der Waals surface area contributed by atoms with Crippen molar-refractivity contribution >= 4 is 47.4 Å². The average molecular weight is 944 g/mol. The number of aliphatic imine (C=N–C) groups is 1. The molecule has 0 bridgehead atoms. The van der Waals surface area contributed by atoms with E-state index in [1.165, 1.54) is 12.1 Å². The Morgan fingerprint density at radius 3 is 2.15 bits per heavy atom. The van der Waals surface area contributed by atoms with Crippen LogP contribution in [0.5, 0.6) is 5.75 Å². The zero-order chi connectivity index (χ0) is 49.3. The number of nitrogens with zero attached hydrogens (tertiary/aromatic N) is 2. The highest BCUT2D eigenvalue weighted by molar-refractivity contribution is 5.92. The molecule has 0 saturated carbocycles. The van der Waals surface area contributed by atoms with Crippen molar-refractivity contribution in [2.75, 3.05) is 57.8 Å². The molecule has 370 valence electrons. The van der Waals surface area contributed by atoms with Gasteiger partial charge in [0.15, 0.2) is 5.96 Å². The zero-order valence-electron chi connectivity index (χ0n) is 39.6. The van der Waals surface area contributed by atoms with E-state index < -0.39 is 35.7 Å². The van der Waals surface area contributed by atoms with E-state index in [0.717, 1.165) is 27.9 Å². The van der Waals surface area contributed by atoms with Crippen LogP contribution in [0.1, 0.15) is 88.1 Å². The van der Waals surface area contributed by atoms with Crippen LogP contribution < -0.4 is 48.3 Å². The van der Waals surface area contributed by atoms with Gasteiger partial charge < -0.3 is 62.8 Å². The van der Waals surface area contributed by atoms with Crippen molar-refractivity contribution in [3.05, 3.63) is 95.1 Å². The van der Waals surface area contributed by atoms with Crippen molar-refractivity contribution < 1.29 is 43.3 Å². The molecule has 3 aromatic rings. The molecule has 4 rings (SSSR count). The smallest absolute Gasteiger partial charge is 0.407 e. The molecule has 0 spiro atoms.